The van der Waals surface area contributed by atoms with Crippen molar-refractivity contribution in [3.05, 3.63) is 40.3 Å². The van der Waals surface area contributed by atoms with Gasteiger partial charge in [0.05, 0.1) is 24.0 Å². The number of esters is 1. The second-order valence-electron chi connectivity index (χ2n) is 8.45. The fourth-order valence-corrected chi connectivity index (χ4v) is 6.22. The van der Waals surface area contributed by atoms with E-state index in [9.17, 15) is 19.2 Å². The van der Waals surface area contributed by atoms with Gasteiger partial charge in [-0.15, -0.1) is 23.1 Å². The molecule has 194 valence electrons. The third-order valence-electron chi connectivity index (χ3n) is 5.75. The number of hydrogen-bond acceptors (Lipinski definition) is 7. The minimum Gasteiger partial charge on any atom is -0.462 e. The highest BCUT2D eigenvalue weighted by atomic mass is 32.2. The Balaban J connectivity index is 1.79. The Morgan fingerprint density at radius 3 is 2.61 bits per heavy atom. The first-order valence-corrected chi connectivity index (χ1v) is 13.9. The summed E-state index contributed by atoms with van der Waals surface area (Å²) in [5, 5.41) is 5.91. The SMILES string of the molecule is CCCC(=O)Nc1cccc(SC(CC)C(=O)Nc2sc3c(c2C(=O)OCC)CCN(C(C)=O)C3)c1. The third-order valence-corrected chi connectivity index (χ3v) is 8.25. The summed E-state index contributed by atoms with van der Waals surface area (Å²) in [5.74, 6) is -0.734. The number of hydrogen-bond donors (Lipinski definition) is 2. The van der Waals surface area contributed by atoms with Crippen molar-refractivity contribution in [2.24, 2.45) is 0 Å². The van der Waals surface area contributed by atoms with E-state index in [1.54, 1.807) is 11.8 Å². The maximum absolute atomic E-state index is 13.3. The second kappa shape index (κ2) is 12.9. The summed E-state index contributed by atoms with van der Waals surface area (Å²) in [6.07, 6.45) is 2.33. The Morgan fingerprint density at radius 1 is 1.17 bits per heavy atom. The van der Waals surface area contributed by atoms with Crippen molar-refractivity contribution in [2.45, 2.75) is 70.1 Å². The lowest BCUT2D eigenvalue weighted by molar-refractivity contribution is -0.129. The van der Waals surface area contributed by atoms with E-state index in [4.69, 9.17) is 4.74 Å². The van der Waals surface area contributed by atoms with Gasteiger partial charge in [-0.25, -0.2) is 4.79 Å². The maximum atomic E-state index is 13.3. The molecular formula is C26H33N3O5S2. The highest BCUT2D eigenvalue weighted by Crippen LogP contribution is 2.38. The summed E-state index contributed by atoms with van der Waals surface area (Å²) in [6, 6.07) is 7.44. The zero-order valence-corrected chi connectivity index (χ0v) is 22.8. The Bertz CT molecular complexity index is 1130. The van der Waals surface area contributed by atoms with Crippen LogP contribution in [0.2, 0.25) is 0 Å². The fourth-order valence-electron chi connectivity index (χ4n) is 3.96. The minimum absolute atomic E-state index is 0.0205. The molecule has 3 amide bonds. The molecule has 36 heavy (non-hydrogen) atoms. The Labute approximate surface area is 220 Å². The fraction of sp³-hybridized carbons (Fsp3) is 0.462. The van der Waals surface area contributed by atoms with Crippen LogP contribution in [0.25, 0.3) is 0 Å². The van der Waals surface area contributed by atoms with E-state index in [-0.39, 0.29) is 24.3 Å². The molecule has 0 bridgehead atoms. The molecule has 10 heteroatoms. The van der Waals surface area contributed by atoms with E-state index in [1.165, 1.54) is 30.0 Å². The smallest absolute Gasteiger partial charge is 0.341 e. The number of nitrogens with one attached hydrogen (secondary N) is 2. The van der Waals surface area contributed by atoms with Crippen molar-refractivity contribution in [3.8, 4) is 0 Å². The monoisotopic (exact) mass is 531 g/mol. The topological polar surface area (TPSA) is 105 Å². The van der Waals surface area contributed by atoms with Gasteiger partial charge < -0.3 is 20.3 Å². The summed E-state index contributed by atoms with van der Waals surface area (Å²) in [6.45, 7) is 8.33. The summed E-state index contributed by atoms with van der Waals surface area (Å²) < 4.78 is 5.29. The van der Waals surface area contributed by atoms with Gasteiger partial charge in [-0.05, 0) is 49.9 Å². The number of ether oxygens (including phenoxy) is 1. The summed E-state index contributed by atoms with van der Waals surface area (Å²) in [4.78, 5) is 53.4. The van der Waals surface area contributed by atoms with Gasteiger partial charge in [-0.2, -0.15) is 0 Å². The van der Waals surface area contributed by atoms with Crippen LogP contribution < -0.4 is 10.6 Å². The molecule has 1 atom stereocenters. The summed E-state index contributed by atoms with van der Waals surface area (Å²) >= 11 is 2.74. The number of thiophene rings is 1. The van der Waals surface area contributed by atoms with Crippen molar-refractivity contribution in [1.29, 1.82) is 0 Å². The number of nitrogens with zero attached hydrogens (tertiary/aromatic N) is 1. The number of carbonyl (C=O) groups excluding carboxylic acids is 4. The number of anilines is 2. The van der Waals surface area contributed by atoms with Crippen LogP contribution in [0.1, 0.15) is 67.8 Å². The lowest BCUT2D eigenvalue weighted by Crippen LogP contribution is -2.34. The van der Waals surface area contributed by atoms with E-state index in [0.717, 1.165) is 21.8 Å². The molecule has 1 aromatic heterocycles. The van der Waals surface area contributed by atoms with Crippen molar-refractivity contribution >= 4 is 57.5 Å². The van der Waals surface area contributed by atoms with Gasteiger partial charge in [0, 0.05) is 35.3 Å². The molecule has 0 spiro atoms. The molecule has 0 fully saturated rings. The lowest BCUT2D eigenvalue weighted by atomic mass is 10.0. The molecule has 8 nitrogen and oxygen atoms in total. The first-order valence-electron chi connectivity index (χ1n) is 12.2. The van der Waals surface area contributed by atoms with Gasteiger partial charge in [-0.3, -0.25) is 14.4 Å². The molecule has 1 aromatic carbocycles. The summed E-state index contributed by atoms with van der Waals surface area (Å²) in [7, 11) is 0. The molecule has 0 radical (unpaired) electrons. The Morgan fingerprint density at radius 2 is 1.94 bits per heavy atom. The molecule has 2 N–H and O–H groups in total. The van der Waals surface area contributed by atoms with Crippen molar-refractivity contribution in [2.75, 3.05) is 23.8 Å². The molecule has 0 saturated carbocycles. The van der Waals surface area contributed by atoms with Crippen LogP contribution in [0, 0.1) is 0 Å². The number of thioether (sulfide) groups is 1. The van der Waals surface area contributed by atoms with Crippen molar-refractivity contribution < 1.29 is 23.9 Å². The number of carbonyl (C=O) groups is 4. The standard InChI is InChI=1S/C26H33N3O5S2/c1-5-9-22(31)27-17-10-8-11-18(14-17)35-20(6-2)24(32)28-25-23(26(33)34-7-3)19-12-13-29(16(4)30)15-21(19)36-25/h8,10-11,14,20H,5-7,9,12-13,15H2,1-4H3,(H,27,31)(H,28,32). The number of benzene rings is 1. The van der Waals surface area contributed by atoms with Crippen LogP contribution in [0.5, 0.6) is 0 Å². The predicted molar refractivity (Wildman–Crippen MR) is 144 cm³/mol. The van der Waals surface area contributed by atoms with Crippen molar-refractivity contribution in [1.82, 2.24) is 4.90 Å². The van der Waals surface area contributed by atoms with Gasteiger partial charge in [-0.1, -0.05) is 19.9 Å². The van der Waals surface area contributed by atoms with Crippen LogP contribution in [-0.4, -0.2) is 47.0 Å². The largest absolute Gasteiger partial charge is 0.462 e. The van der Waals surface area contributed by atoms with Gasteiger partial charge in [0.15, 0.2) is 0 Å². The number of fused-ring (bicyclic) bond motifs is 1. The molecule has 1 aliphatic rings. The molecule has 1 aliphatic heterocycles. The normalized spacial score (nSPS) is 13.5. The van der Waals surface area contributed by atoms with Gasteiger partial charge in [0.1, 0.15) is 5.00 Å². The van der Waals surface area contributed by atoms with Crippen LogP contribution in [0.15, 0.2) is 29.2 Å². The zero-order valence-electron chi connectivity index (χ0n) is 21.1. The molecule has 3 rings (SSSR count). The predicted octanol–water partition coefficient (Wildman–Crippen LogP) is 5.08. The van der Waals surface area contributed by atoms with Crippen LogP contribution >= 0.6 is 23.1 Å². The van der Waals surface area contributed by atoms with Crippen LogP contribution in [0.4, 0.5) is 10.7 Å². The lowest BCUT2D eigenvalue weighted by Gasteiger charge is -2.25. The average molecular weight is 532 g/mol. The maximum Gasteiger partial charge on any atom is 0.341 e. The zero-order chi connectivity index (χ0) is 26.2. The van der Waals surface area contributed by atoms with Gasteiger partial charge >= 0.3 is 5.97 Å². The molecule has 1 unspecified atom stereocenters. The van der Waals surface area contributed by atoms with Crippen LogP contribution in [-0.2, 0) is 32.1 Å². The van der Waals surface area contributed by atoms with Gasteiger partial charge in [0.25, 0.3) is 0 Å². The molecule has 2 aromatic rings. The minimum atomic E-state index is -0.460. The Kier molecular flexibility index (Phi) is 9.95. The van der Waals surface area contributed by atoms with E-state index in [0.29, 0.717) is 48.6 Å². The Hall–Kier alpha value is -2.85. The quantitative estimate of drug-likeness (QED) is 0.327. The number of rotatable bonds is 10. The molecular weight excluding hydrogens is 498 g/mol. The third kappa shape index (κ3) is 6.88. The molecule has 0 saturated heterocycles. The number of amides is 3. The summed E-state index contributed by atoms with van der Waals surface area (Å²) in [5.41, 5.74) is 1.94. The van der Waals surface area contributed by atoms with Gasteiger partial charge in [0.2, 0.25) is 17.7 Å². The molecule has 0 aliphatic carbocycles. The van der Waals surface area contributed by atoms with Crippen LogP contribution in [0.3, 0.4) is 0 Å². The highest BCUT2D eigenvalue weighted by molar-refractivity contribution is 8.00. The van der Waals surface area contributed by atoms with Crippen molar-refractivity contribution in [3.63, 3.8) is 0 Å². The second-order valence-corrected chi connectivity index (χ2v) is 10.8. The van der Waals surface area contributed by atoms with E-state index >= 15 is 0 Å². The first-order chi connectivity index (χ1) is 17.3. The van der Waals surface area contributed by atoms with E-state index in [2.05, 4.69) is 10.6 Å². The average Bonchev–Trinajstić information content (AvgIpc) is 3.19. The first kappa shape index (κ1) is 27.7. The highest BCUT2D eigenvalue weighted by Gasteiger charge is 2.31. The molecule has 2 heterocycles. The van der Waals surface area contributed by atoms with E-state index < -0.39 is 11.2 Å². The van der Waals surface area contributed by atoms with E-state index in [1.807, 2.05) is 38.1 Å².